The van der Waals surface area contributed by atoms with E-state index in [1.807, 2.05) is 13.1 Å². The zero-order chi connectivity index (χ0) is 14.8. The lowest BCUT2D eigenvalue weighted by molar-refractivity contribution is 0.273. The molecule has 2 aliphatic rings. The zero-order valence-electron chi connectivity index (χ0n) is 13.4. The maximum absolute atomic E-state index is 5.89. The van der Waals surface area contributed by atoms with Gasteiger partial charge < -0.3 is 10.6 Å². The van der Waals surface area contributed by atoms with Crippen molar-refractivity contribution in [1.82, 2.24) is 9.88 Å². The lowest BCUT2D eigenvalue weighted by atomic mass is 10.1. The number of rotatable bonds is 3. The van der Waals surface area contributed by atoms with Gasteiger partial charge in [-0.15, -0.1) is 0 Å². The molecule has 2 fully saturated rings. The SMILES string of the molecule is Cc1cc(CC(C)N)cnc1N1CCCN2CCCC2C1. The van der Waals surface area contributed by atoms with Crippen molar-refractivity contribution in [3.63, 3.8) is 0 Å². The van der Waals surface area contributed by atoms with Crippen LogP contribution in [0.15, 0.2) is 12.3 Å². The van der Waals surface area contributed by atoms with Gasteiger partial charge in [0.1, 0.15) is 5.82 Å². The highest BCUT2D eigenvalue weighted by Gasteiger charge is 2.29. The van der Waals surface area contributed by atoms with Crippen LogP contribution in [-0.2, 0) is 6.42 Å². The molecule has 21 heavy (non-hydrogen) atoms. The fourth-order valence-corrected chi connectivity index (χ4v) is 3.84. The minimum absolute atomic E-state index is 0.197. The molecule has 4 heteroatoms. The Hall–Kier alpha value is -1.13. The topological polar surface area (TPSA) is 45.4 Å². The molecule has 0 radical (unpaired) electrons. The van der Waals surface area contributed by atoms with Gasteiger partial charge in [0.05, 0.1) is 0 Å². The summed E-state index contributed by atoms with van der Waals surface area (Å²) in [5.41, 5.74) is 8.44. The van der Waals surface area contributed by atoms with Gasteiger partial charge in [-0.05, 0) is 57.2 Å². The molecule has 116 valence electrons. The third-order valence-corrected chi connectivity index (χ3v) is 4.77. The molecule has 0 spiro atoms. The second kappa shape index (κ2) is 6.32. The predicted molar refractivity (Wildman–Crippen MR) is 87.8 cm³/mol. The fraction of sp³-hybridized carbons (Fsp3) is 0.706. The van der Waals surface area contributed by atoms with Gasteiger partial charge >= 0.3 is 0 Å². The molecule has 2 N–H and O–H groups in total. The number of hydrogen-bond acceptors (Lipinski definition) is 4. The van der Waals surface area contributed by atoms with Gasteiger partial charge in [0.25, 0.3) is 0 Å². The Balaban J connectivity index is 1.76. The van der Waals surface area contributed by atoms with E-state index in [9.17, 15) is 0 Å². The van der Waals surface area contributed by atoms with E-state index >= 15 is 0 Å². The van der Waals surface area contributed by atoms with Crippen LogP contribution in [0.4, 0.5) is 5.82 Å². The second-order valence-electron chi connectivity index (χ2n) is 6.80. The van der Waals surface area contributed by atoms with Gasteiger partial charge in [-0.3, -0.25) is 4.90 Å². The summed E-state index contributed by atoms with van der Waals surface area (Å²) in [6, 6.07) is 3.20. The van der Waals surface area contributed by atoms with Crippen LogP contribution in [-0.4, -0.2) is 48.1 Å². The molecular formula is C17H28N4. The molecule has 4 nitrogen and oxygen atoms in total. The molecule has 3 heterocycles. The fourth-order valence-electron chi connectivity index (χ4n) is 3.84. The molecule has 0 amide bonds. The van der Waals surface area contributed by atoms with Crippen molar-refractivity contribution in [2.24, 2.45) is 5.73 Å². The molecule has 1 aromatic heterocycles. The monoisotopic (exact) mass is 288 g/mol. The number of aromatic nitrogens is 1. The third kappa shape index (κ3) is 3.38. The summed E-state index contributed by atoms with van der Waals surface area (Å²) in [5.74, 6) is 1.18. The highest BCUT2D eigenvalue weighted by molar-refractivity contribution is 5.48. The molecule has 2 saturated heterocycles. The van der Waals surface area contributed by atoms with Crippen LogP contribution < -0.4 is 10.6 Å². The summed E-state index contributed by atoms with van der Waals surface area (Å²) in [6.07, 6.45) is 6.88. The van der Waals surface area contributed by atoms with E-state index in [1.165, 1.54) is 49.3 Å². The smallest absolute Gasteiger partial charge is 0.131 e. The number of nitrogens with zero attached hydrogens (tertiary/aromatic N) is 3. The lowest BCUT2D eigenvalue weighted by Crippen LogP contribution is -2.37. The average molecular weight is 288 g/mol. The summed E-state index contributed by atoms with van der Waals surface area (Å²) in [6.45, 7) is 9.05. The molecule has 2 atom stereocenters. The normalized spacial score (nSPS) is 24.7. The molecule has 0 aromatic carbocycles. The van der Waals surface area contributed by atoms with Crippen molar-refractivity contribution in [2.75, 3.05) is 31.1 Å². The zero-order valence-corrected chi connectivity index (χ0v) is 13.4. The number of pyridine rings is 1. The van der Waals surface area contributed by atoms with Crippen molar-refractivity contribution in [1.29, 1.82) is 0 Å². The van der Waals surface area contributed by atoms with E-state index in [-0.39, 0.29) is 6.04 Å². The quantitative estimate of drug-likeness (QED) is 0.923. The van der Waals surface area contributed by atoms with E-state index in [0.717, 1.165) is 25.6 Å². The molecule has 2 aliphatic heterocycles. The van der Waals surface area contributed by atoms with E-state index in [1.54, 1.807) is 0 Å². The van der Waals surface area contributed by atoms with Gasteiger partial charge in [0.15, 0.2) is 0 Å². The molecule has 0 saturated carbocycles. The molecule has 3 rings (SSSR count). The molecule has 1 aromatic rings. The highest BCUT2D eigenvalue weighted by Crippen LogP contribution is 2.26. The van der Waals surface area contributed by atoms with E-state index in [2.05, 4.69) is 22.8 Å². The van der Waals surface area contributed by atoms with Gasteiger partial charge in [0, 0.05) is 37.9 Å². The van der Waals surface area contributed by atoms with Crippen LogP contribution in [0.2, 0.25) is 0 Å². The number of fused-ring (bicyclic) bond motifs is 1. The van der Waals surface area contributed by atoms with Gasteiger partial charge in [-0.1, -0.05) is 6.07 Å². The van der Waals surface area contributed by atoms with E-state index in [0.29, 0.717) is 0 Å². The third-order valence-electron chi connectivity index (χ3n) is 4.77. The van der Waals surface area contributed by atoms with E-state index < -0.39 is 0 Å². The van der Waals surface area contributed by atoms with Crippen LogP contribution in [0.25, 0.3) is 0 Å². The summed E-state index contributed by atoms with van der Waals surface area (Å²) in [4.78, 5) is 9.93. The minimum atomic E-state index is 0.197. The van der Waals surface area contributed by atoms with Crippen LogP contribution in [0.1, 0.15) is 37.3 Å². The minimum Gasteiger partial charge on any atom is -0.355 e. The molecule has 0 bridgehead atoms. The van der Waals surface area contributed by atoms with Crippen LogP contribution in [0.5, 0.6) is 0 Å². The maximum atomic E-state index is 5.89. The number of hydrogen-bond donors (Lipinski definition) is 1. The van der Waals surface area contributed by atoms with Crippen molar-refractivity contribution in [3.8, 4) is 0 Å². The Bertz CT molecular complexity index is 486. The highest BCUT2D eigenvalue weighted by atomic mass is 15.3. The van der Waals surface area contributed by atoms with Crippen LogP contribution in [0, 0.1) is 6.92 Å². The van der Waals surface area contributed by atoms with Crippen molar-refractivity contribution in [3.05, 3.63) is 23.4 Å². The first-order chi connectivity index (χ1) is 10.1. The van der Waals surface area contributed by atoms with Gasteiger partial charge in [0.2, 0.25) is 0 Å². The summed E-state index contributed by atoms with van der Waals surface area (Å²) in [7, 11) is 0. The number of anilines is 1. The Morgan fingerprint density at radius 3 is 2.90 bits per heavy atom. The Labute approximate surface area is 128 Å². The van der Waals surface area contributed by atoms with Crippen LogP contribution >= 0.6 is 0 Å². The number of aryl methyl sites for hydroxylation is 1. The standard InChI is InChI=1S/C17H28N4/c1-13-9-15(10-14(2)18)11-19-17(13)21-8-4-7-20-6-3-5-16(20)12-21/h9,11,14,16H,3-8,10,12,18H2,1-2H3. The first-order valence-corrected chi connectivity index (χ1v) is 8.33. The Kier molecular flexibility index (Phi) is 4.45. The van der Waals surface area contributed by atoms with Crippen molar-refractivity contribution >= 4 is 5.82 Å². The van der Waals surface area contributed by atoms with E-state index in [4.69, 9.17) is 10.7 Å². The largest absolute Gasteiger partial charge is 0.355 e. The molecule has 2 unspecified atom stereocenters. The molecule has 0 aliphatic carbocycles. The Morgan fingerprint density at radius 1 is 1.33 bits per heavy atom. The maximum Gasteiger partial charge on any atom is 0.131 e. The average Bonchev–Trinajstić information content (AvgIpc) is 2.76. The summed E-state index contributed by atoms with van der Waals surface area (Å²) in [5, 5.41) is 0. The lowest BCUT2D eigenvalue weighted by Gasteiger charge is -2.27. The van der Waals surface area contributed by atoms with Crippen molar-refractivity contribution < 1.29 is 0 Å². The van der Waals surface area contributed by atoms with Crippen molar-refractivity contribution in [2.45, 2.75) is 51.6 Å². The predicted octanol–water partition coefficient (Wildman–Crippen LogP) is 1.95. The first-order valence-electron chi connectivity index (χ1n) is 8.33. The molecular weight excluding hydrogens is 260 g/mol. The second-order valence-corrected chi connectivity index (χ2v) is 6.80. The van der Waals surface area contributed by atoms with Gasteiger partial charge in [-0.2, -0.15) is 0 Å². The van der Waals surface area contributed by atoms with Crippen LogP contribution in [0.3, 0.4) is 0 Å². The summed E-state index contributed by atoms with van der Waals surface area (Å²) < 4.78 is 0. The first kappa shape index (κ1) is 14.8. The summed E-state index contributed by atoms with van der Waals surface area (Å²) >= 11 is 0. The van der Waals surface area contributed by atoms with Gasteiger partial charge in [-0.25, -0.2) is 4.98 Å². The Morgan fingerprint density at radius 2 is 2.14 bits per heavy atom. The number of nitrogens with two attached hydrogens (primary N) is 1.